The Kier molecular flexibility index (Phi) is 2.90. The normalized spacial score (nSPS) is 11.2. The van der Waals surface area contributed by atoms with Crippen LogP contribution in [-0.4, -0.2) is 37.1 Å². The fourth-order valence-corrected chi connectivity index (χ4v) is 3.02. The van der Waals surface area contributed by atoms with Crippen molar-refractivity contribution in [2.75, 3.05) is 7.11 Å². The van der Waals surface area contributed by atoms with E-state index in [0.29, 0.717) is 0 Å². The van der Waals surface area contributed by atoms with Crippen LogP contribution in [0.25, 0.3) is 26.9 Å². The van der Waals surface area contributed by atoms with Crippen molar-refractivity contribution < 1.29 is 4.74 Å². The fourth-order valence-electron chi connectivity index (χ4n) is 2.16. The number of aryl methyl sites for hydroxylation is 1. The number of benzene rings is 1. The molecule has 0 fully saturated rings. The van der Waals surface area contributed by atoms with Gasteiger partial charge in [0.2, 0.25) is 4.96 Å². The van der Waals surface area contributed by atoms with Gasteiger partial charge in [-0.05, 0) is 37.3 Å². The Balaban J connectivity index is 1.70. The third kappa shape index (κ3) is 2.04. The number of rotatable bonds is 3. The zero-order valence-corrected chi connectivity index (χ0v) is 12.8. The Morgan fingerprint density at radius 3 is 2.73 bits per heavy atom. The lowest BCUT2D eigenvalue weighted by Crippen LogP contribution is -1.88. The molecule has 0 saturated heterocycles. The van der Waals surface area contributed by atoms with Crippen molar-refractivity contribution in [3.05, 3.63) is 36.2 Å². The SMILES string of the molecule is COc1ccc(-c2cc(-c3nn4c(C)nnc4s3)[nH]n2)cc1. The van der Waals surface area contributed by atoms with Gasteiger partial charge in [0.15, 0.2) is 10.8 Å². The first-order valence-electron chi connectivity index (χ1n) is 6.63. The van der Waals surface area contributed by atoms with E-state index >= 15 is 0 Å². The average Bonchev–Trinajstić information content (AvgIpc) is 3.24. The Hall–Kier alpha value is -2.74. The first-order chi connectivity index (χ1) is 10.7. The van der Waals surface area contributed by atoms with Gasteiger partial charge in [0.25, 0.3) is 0 Å². The average molecular weight is 312 g/mol. The molecule has 0 radical (unpaired) electrons. The Labute approximate surface area is 129 Å². The van der Waals surface area contributed by atoms with E-state index in [0.717, 1.165) is 38.5 Å². The molecule has 0 atom stereocenters. The molecule has 8 heteroatoms. The summed E-state index contributed by atoms with van der Waals surface area (Å²) in [7, 11) is 1.65. The van der Waals surface area contributed by atoms with Crippen LogP contribution in [0, 0.1) is 6.92 Å². The first-order valence-corrected chi connectivity index (χ1v) is 7.45. The molecule has 0 aliphatic heterocycles. The molecule has 1 aromatic carbocycles. The number of aromatic nitrogens is 6. The maximum absolute atomic E-state index is 5.16. The second kappa shape index (κ2) is 4.92. The molecule has 3 heterocycles. The Bertz CT molecular complexity index is 936. The molecule has 7 nitrogen and oxygen atoms in total. The quantitative estimate of drug-likeness (QED) is 0.629. The third-order valence-electron chi connectivity index (χ3n) is 3.34. The molecule has 22 heavy (non-hydrogen) atoms. The van der Waals surface area contributed by atoms with Crippen molar-refractivity contribution in [1.82, 2.24) is 30.0 Å². The number of hydrogen-bond donors (Lipinski definition) is 1. The van der Waals surface area contributed by atoms with Crippen molar-refractivity contribution in [2.45, 2.75) is 6.92 Å². The van der Waals surface area contributed by atoms with Gasteiger partial charge in [-0.25, -0.2) is 0 Å². The summed E-state index contributed by atoms with van der Waals surface area (Å²) in [5.74, 6) is 1.59. The van der Waals surface area contributed by atoms with Crippen LogP contribution in [0.3, 0.4) is 0 Å². The van der Waals surface area contributed by atoms with E-state index in [9.17, 15) is 0 Å². The summed E-state index contributed by atoms with van der Waals surface area (Å²) >= 11 is 1.47. The molecule has 110 valence electrons. The smallest absolute Gasteiger partial charge is 0.235 e. The van der Waals surface area contributed by atoms with Gasteiger partial charge < -0.3 is 4.74 Å². The number of nitrogens with zero attached hydrogens (tertiary/aromatic N) is 5. The second-order valence-corrected chi connectivity index (χ2v) is 5.70. The van der Waals surface area contributed by atoms with Gasteiger partial charge in [-0.3, -0.25) is 5.10 Å². The summed E-state index contributed by atoms with van der Waals surface area (Å²) in [6.45, 7) is 1.87. The molecule has 0 unspecified atom stereocenters. The first kappa shape index (κ1) is 13.0. The standard InChI is InChI=1S/C14H12N6OS/c1-8-15-18-14-20(8)19-13(22-14)12-7-11(16-17-12)9-3-5-10(21-2)6-4-9/h3-7H,1-2H3,(H,16,17). The highest BCUT2D eigenvalue weighted by Crippen LogP contribution is 2.28. The monoisotopic (exact) mass is 312 g/mol. The highest BCUT2D eigenvalue weighted by Gasteiger charge is 2.13. The predicted octanol–water partition coefficient (Wildman–Crippen LogP) is 2.56. The zero-order chi connectivity index (χ0) is 15.1. The zero-order valence-electron chi connectivity index (χ0n) is 11.9. The van der Waals surface area contributed by atoms with Gasteiger partial charge in [0.05, 0.1) is 18.5 Å². The fraction of sp³-hybridized carbons (Fsp3) is 0.143. The van der Waals surface area contributed by atoms with Crippen molar-refractivity contribution in [1.29, 1.82) is 0 Å². The van der Waals surface area contributed by atoms with Crippen LogP contribution in [-0.2, 0) is 0 Å². The Morgan fingerprint density at radius 1 is 1.18 bits per heavy atom. The topological polar surface area (TPSA) is 81.0 Å². The van der Waals surface area contributed by atoms with Crippen LogP contribution >= 0.6 is 11.3 Å². The second-order valence-electron chi connectivity index (χ2n) is 4.74. The summed E-state index contributed by atoms with van der Waals surface area (Å²) in [5, 5.41) is 20.8. The molecule has 0 amide bonds. The van der Waals surface area contributed by atoms with E-state index in [2.05, 4.69) is 25.5 Å². The molecular weight excluding hydrogens is 300 g/mol. The number of methoxy groups -OCH3 is 1. The van der Waals surface area contributed by atoms with Crippen LogP contribution in [0.5, 0.6) is 5.75 Å². The summed E-state index contributed by atoms with van der Waals surface area (Å²) in [6.07, 6.45) is 0. The molecular formula is C14H12N6OS. The highest BCUT2D eigenvalue weighted by molar-refractivity contribution is 7.19. The van der Waals surface area contributed by atoms with Crippen molar-refractivity contribution >= 4 is 16.3 Å². The van der Waals surface area contributed by atoms with E-state index in [-0.39, 0.29) is 0 Å². The van der Waals surface area contributed by atoms with Crippen LogP contribution in [0.4, 0.5) is 0 Å². The maximum Gasteiger partial charge on any atom is 0.235 e. The number of nitrogens with one attached hydrogen (secondary N) is 1. The molecule has 0 aliphatic carbocycles. The summed E-state index contributed by atoms with van der Waals surface area (Å²) in [6, 6.07) is 9.75. The van der Waals surface area contributed by atoms with Crippen molar-refractivity contribution in [2.24, 2.45) is 0 Å². The van der Waals surface area contributed by atoms with Gasteiger partial charge in [0, 0.05) is 5.56 Å². The molecule has 3 aromatic heterocycles. The molecule has 0 aliphatic rings. The van der Waals surface area contributed by atoms with Crippen LogP contribution in [0.1, 0.15) is 5.82 Å². The van der Waals surface area contributed by atoms with Gasteiger partial charge >= 0.3 is 0 Å². The van der Waals surface area contributed by atoms with E-state index in [1.54, 1.807) is 11.6 Å². The largest absolute Gasteiger partial charge is 0.497 e. The number of hydrogen-bond acceptors (Lipinski definition) is 6. The maximum atomic E-state index is 5.16. The minimum Gasteiger partial charge on any atom is -0.497 e. The van der Waals surface area contributed by atoms with Crippen molar-refractivity contribution in [3.63, 3.8) is 0 Å². The molecule has 4 aromatic rings. The lowest BCUT2D eigenvalue weighted by Gasteiger charge is -1.99. The van der Waals surface area contributed by atoms with Gasteiger partial charge in [-0.15, -0.1) is 10.2 Å². The lowest BCUT2D eigenvalue weighted by molar-refractivity contribution is 0.415. The van der Waals surface area contributed by atoms with E-state index in [1.807, 2.05) is 37.3 Å². The minimum atomic E-state index is 0.771. The van der Waals surface area contributed by atoms with Gasteiger partial charge in [0.1, 0.15) is 5.75 Å². The number of H-pyrrole nitrogens is 1. The minimum absolute atomic E-state index is 0.771. The molecule has 0 saturated carbocycles. The lowest BCUT2D eigenvalue weighted by atomic mass is 10.1. The number of fused-ring (bicyclic) bond motifs is 1. The summed E-state index contributed by atoms with van der Waals surface area (Å²) < 4.78 is 6.89. The van der Waals surface area contributed by atoms with E-state index in [1.165, 1.54) is 11.3 Å². The van der Waals surface area contributed by atoms with Gasteiger partial charge in [-0.1, -0.05) is 11.3 Å². The molecule has 0 spiro atoms. The summed E-state index contributed by atoms with van der Waals surface area (Å²) in [5.41, 5.74) is 2.74. The Morgan fingerprint density at radius 2 is 2.00 bits per heavy atom. The van der Waals surface area contributed by atoms with E-state index in [4.69, 9.17) is 4.74 Å². The van der Waals surface area contributed by atoms with Crippen LogP contribution < -0.4 is 4.74 Å². The third-order valence-corrected chi connectivity index (χ3v) is 4.27. The predicted molar refractivity (Wildman–Crippen MR) is 83.0 cm³/mol. The van der Waals surface area contributed by atoms with Crippen molar-refractivity contribution in [3.8, 4) is 27.7 Å². The molecule has 4 rings (SSSR count). The molecule has 0 bridgehead atoms. The highest BCUT2D eigenvalue weighted by atomic mass is 32.1. The number of aromatic amines is 1. The van der Waals surface area contributed by atoms with Gasteiger partial charge in [-0.2, -0.15) is 14.7 Å². The summed E-state index contributed by atoms with van der Waals surface area (Å²) in [4.78, 5) is 0.771. The number of ether oxygens (including phenoxy) is 1. The van der Waals surface area contributed by atoms with Crippen LogP contribution in [0.2, 0.25) is 0 Å². The van der Waals surface area contributed by atoms with E-state index < -0.39 is 0 Å². The molecule has 1 N–H and O–H groups in total. The van der Waals surface area contributed by atoms with Crippen LogP contribution in [0.15, 0.2) is 30.3 Å².